The molecule has 1 aromatic carbocycles. The van der Waals surface area contributed by atoms with Gasteiger partial charge in [0.25, 0.3) is 0 Å². The molecule has 0 saturated carbocycles. The largest absolute Gasteiger partial charge is 0.378 e. The highest BCUT2D eigenvalue weighted by Crippen LogP contribution is 2.20. The van der Waals surface area contributed by atoms with Crippen molar-refractivity contribution in [3.8, 4) is 29.2 Å². The van der Waals surface area contributed by atoms with Gasteiger partial charge in [-0.2, -0.15) is 10.4 Å². The fourth-order valence-corrected chi connectivity index (χ4v) is 2.06. The number of fused-ring (bicyclic) bond motifs is 1. The maximum atomic E-state index is 9.65. The third kappa shape index (κ3) is 3.37. The van der Waals surface area contributed by atoms with Crippen LogP contribution in [0.2, 0.25) is 0 Å². The minimum atomic E-state index is -1.06. The maximum Gasteiger partial charge on any atom is 0.157 e. The summed E-state index contributed by atoms with van der Waals surface area (Å²) in [6.07, 6.45) is 1.77. The average Bonchev–Trinajstić information content (AvgIpc) is 2.95. The summed E-state index contributed by atoms with van der Waals surface area (Å²) in [5.74, 6) is 5.58. The molecular weight excluding hydrogens is 288 g/mol. The van der Waals surface area contributed by atoms with Gasteiger partial charge in [0.2, 0.25) is 0 Å². The van der Waals surface area contributed by atoms with Crippen LogP contribution in [0.3, 0.4) is 0 Å². The van der Waals surface area contributed by atoms with Crippen molar-refractivity contribution in [1.29, 1.82) is 5.26 Å². The number of hydrogen-bond donors (Lipinski definition) is 1. The number of rotatable bonds is 1. The van der Waals surface area contributed by atoms with Gasteiger partial charge in [-0.15, -0.1) is 0 Å². The average molecular weight is 302 g/mol. The van der Waals surface area contributed by atoms with E-state index in [0.29, 0.717) is 16.9 Å². The Morgan fingerprint density at radius 3 is 2.78 bits per heavy atom. The Labute approximate surface area is 133 Å². The normalized spacial score (nSPS) is 10.9. The first kappa shape index (κ1) is 14.8. The molecule has 0 fully saturated rings. The molecule has 0 saturated heterocycles. The number of aromatic nitrogens is 3. The summed E-state index contributed by atoms with van der Waals surface area (Å²) in [5.41, 5.74) is 2.35. The molecule has 0 amide bonds. The van der Waals surface area contributed by atoms with Gasteiger partial charge in [0.05, 0.1) is 17.3 Å². The van der Waals surface area contributed by atoms with E-state index in [-0.39, 0.29) is 0 Å². The zero-order valence-electron chi connectivity index (χ0n) is 12.8. The first-order chi connectivity index (χ1) is 10.9. The van der Waals surface area contributed by atoms with E-state index in [4.69, 9.17) is 5.26 Å². The molecule has 0 atom stereocenters. The lowest BCUT2D eigenvalue weighted by molar-refractivity contribution is 0.143. The number of nitriles is 1. The van der Waals surface area contributed by atoms with Gasteiger partial charge in [0.15, 0.2) is 5.65 Å². The lowest BCUT2D eigenvalue weighted by atomic mass is 10.1. The molecule has 0 unspecified atom stereocenters. The maximum absolute atomic E-state index is 9.65. The molecule has 0 aliphatic rings. The molecule has 5 nitrogen and oxygen atoms in total. The Morgan fingerprint density at radius 2 is 2.04 bits per heavy atom. The lowest BCUT2D eigenvalue weighted by Gasteiger charge is -2.05. The molecule has 0 aliphatic carbocycles. The second-order valence-corrected chi connectivity index (χ2v) is 5.65. The van der Waals surface area contributed by atoms with Crippen molar-refractivity contribution < 1.29 is 5.11 Å². The first-order valence-electron chi connectivity index (χ1n) is 7.07. The molecule has 3 rings (SSSR count). The zero-order valence-corrected chi connectivity index (χ0v) is 12.8. The number of nitrogens with zero attached hydrogens (tertiary/aromatic N) is 4. The first-order valence-corrected chi connectivity index (χ1v) is 7.07. The Morgan fingerprint density at radius 1 is 1.22 bits per heavy atom. The Kier molecular flexibility index (Phi) is 3.57. The van der Waals surface area contributed by atoms with Crippen molar-refractivity contribution in [3.05, 3.63) is 53.9 Å². The van der Waals surface area contributed by atoms with Crippen molar-refractivity contribution in [2.24, 2.45) is 0 Å². The molecule has 2 heterocycles. The van der Waals surface area contributed by atoms with Gasteiger partial charge in [-0.3, -0.25) is 0 Å². The molecule has 23 heavy (non-hydrogen) atoms. The van der Waals surface area contributed by atoms with Crippen LogP contribution in [0.15, 0.2) is 42.6 Å². The van der Waals surface area contributed by atoms with Gasteiger partial charge in [-0.1, -0.05) is 18.1 Å². The highest BCUT2D eigenvalue weighted by molar-refractivity contribution is 5.65. The fourth-order valence-electron chi connectivity index (χ4n) is 2.06. The molecule has 0 spiro atoms. The lowest BCUT2D eigenvalue weighted by Crippen LogP contribution is -2.14. The van der Waals surface area contributed by atoms with E-state index < -0.39 is 5.60 Å². The topological polar surface area (TPSA) is 74.2 Å². The molecule has 5 heteroatoms. The van der Waals surface area contributed by atoms with Crippen LogP contribution in [-0.4, -0.2) is 25.3 Å². The molecular formula is C18H14N4O. The molecule has 0 aliphatic heterocycles. The molecule has 3 aromatic rings. The van der Waals surface area contributed by atoms with Crippen LogP contribution in [0.5, 0.6) is 0 Å². The SMILES string of the molecule is CC(C)(O)C#Cc1ccn2nc(-c3cccc(C#N)c3)cc2n1. The summed E-state index contributed by atoms with van der Waals surface area (Å²) < 4.78 is 1.66. The molecule has 0 bridgehead atoms. The standard InChI is InChI=1S/C18H14N4O/c1-18(2,23)8-6-15-7-9-22-17(20-15)11-16(21-22)14-5-3-4-13(10-14)12-19/h3-5,7,9-11,23H,1-2H3. The number of hydrogen-bond acceptors (Lipinski definition) is 4. The minimum Gasteiger partial charge on any atom is -0.378 e. The highest BCUT2D eigenvalue weighted by atomic mass is 16.3. The predicted molar refractivity (Wildman–Crippen MR) is 86.3 cm³/mol. The Balaban J connectivity index is 2.02. The van der Waals surface area contributed by atoms with Gasteiger partial charge in [-0.05, 0) is 38.0 Å². The van der Waals surface area contributed by atoms with Gasteiger partial charge in [0, 0.05) is 17.8 Å². The molecule has 0 radical (unpaired) electrons. The predicted octanol–water partition coefficient (Wildman–Crippen LogP) is 2.39. The van der Waals surface area contributed by atoms with Gasteiger partial charge < -0.3 is 5.11 Å². The number of benzene rings is 1. The van der Waals surface area contributed by atoms with E-state index in [1.807, 2.05) is 18.2 Å². The minimum absolute atomic E-state index is 0.567. The van der Waals surface area contributed by atoms with Crippen LogP contribution in [0.25, 0.3) is 16.9 Å². The third-order valence-electron chi connectivity index (χ3n) is 3.11. The zero-order chi connectivity index (χ0) is 16.4. The second kappa shape index (κ2) is 5.57. The van der Waals surface area contributed by atoms with E-state index >= 15 is 0 Å². The van der Waals surface area contributed by atoms with E-state index in [1.165, 1.54) is 0 Å². The van der Waals surface area contributed by atoms with Crippen molar-refractivity contribution in [2.75, 3.05) is 0 Å². The van der Waals surface area contributed by atoms with Crippen molar-refractivity contribution >= 4 is 5.65 Å². The third-order valence-corrected chi connectivity index (χ3v) is 3.11. The van der Waals surface area contributed by atoms with E-state index in [1.54, 1.807) is 42.8 Å². The smallest absolute Gasteiger partial charge is 0.157 e. The molecule has 2 aromatic heterocycles. The quantitative estimate of drug-likeness (QED) is 0.700. The van der Waals surface area contributed by atoms with E-state index in [9.17, 15) is 5.11 Å². The summed E-state index contributed by atoms with van der Waals surface area (Å²) in [6, 6.07) is 13.0. The van der Waals surface area contributed by atoms with Gasteiger partial charge >= 0.3 is 0 Å². The van der Waals surface area contributed by atoms with Crippen LogP contribution >= 0.6 is 0 Å². The fraction of sp³-hybridized carbons (Fsp3) is 0.167. The summed E-state index contributed by atoms with van der Waals surface area (Å²) in [7, 11) is 0. The second-order valence-electron chi connectivity index (χ2n) is 5.65. The Bertz CT molecular complexity index is 978. The molecule has 1 N–H and O–H groups in total. The summed E-state index contributed by atoms with van der Waals surface area (Å²) in [4.78, 5) is 4.42. The summed E-state index contributed by atoms with van der Waals surface area (Å²) >= 11 is 0. The summed E-state index contributed by atoms with van der Waals surface area (Å²) in [5, 5.41) is 23.1. The molecule has 112 valence electrons. The van der Waals surface area contributed by atoms with Gasteiger partial charge in [-0.25, -0.2) is 9.50 Å². The van der Waals surface area contributed by atoms with Crippen molar-refractivity contribution in [3.63, 3.8) is 0 Å². The number of aliphatic hydroxyl groups is 1. The van der Waals surface area contributed by atoms with E-state index in [0.717, 1.165) is 11.3 Å². The van der Waals surface area contributed by atoms with Crippen LogP contribution in [0.4, 0.5) is 0 Å². The van der Waals surface area contributed by atoms with Crippen LogP contribution in [0, 0.1) is 23.2 Å². The van der Waals surface area contributed by atoms with Crippen LogP contribution in [-0.2, 0) is 0 Å². The van der Waals surface area contributed by atoms with Crippen molar-refractivity contribution in [1.82, 2.24) is 14.6 Å². The van der Waals surface area contributed by atoms with Crippen LogP contribution in [0.1, 0.15) is 25.1 Å². The Hall–Kier alpha value is -3.15. The highest BCUT2D eigenvalue weighted by Gasteiger charge is 2.08. The van der Waals surface area contributed by atoms with Crippen molar-refractivity contribution in [2.45, 2.75) is 19.4 Å². The van der Waals surface area contributed by atoms with E-state index in [2.05, 4.69) is 28.0 Å². The van der Waals surface area contributed by atoms with Gasteiger partial charge in [0.1, 0.15) is 11.3 Å². The van der Waals surface area contributed by atoms with Crippen LogP contribution < -0.4 is 0 Å². The summed E-state index contributed by atoms with van der Waals surface area (Å²) in [6.45, 7) is 3.25. The monoisotopic (exact) mass is 302 g/mol.